The Morgan fingerprint density at radius 3 is 2.46 bits per heavy atom. The number of aromatic nitrogens is 1. The topological polar surface area (TPSA) is 101 Å². The standard InChI is InChI=1S/C17H26N4O3/c1-5-12(15(18)22)21-6-10-11(7-21)13(10)20-16(23)14-9(4)19-17(24-14)8(2)3/h8,10-13H,5-7H2,1-4H3,(H2,18,22)(H,20,23)/t10-,11+,12?,13?. The summed E-state index contributed by atoms with van der Waals surface area (Å²) in [4.78, 5) is 30.3. The van der Waals surface area contributed by atoms with Crippen molar-refractivity contribution in [1.82, 2.24) is 15.2 Å². The van der Waals surface area contributed by atoms with E-state index in [-0.39, 0.29) is 29.8 Å². The summed E-state index contributed by atoms with van der Waals surface area (Å²) < 4.78 is 5.60. The molecule has 1 aromatic heterocycles. The molecule has 0 spiro atoms. The maximum absolute atomic E-state index is 12.4. The van der Waals surface area contributed by atoms with E-state index < -0.39 is 0 Å². The average molecular weight is 334 g/mol. The molecule has 0 bridgehead atoms. The summed E-state index contributed by atoms with van der Waals surface area (Å²) in [6.45, 7) is 9.34. The predicted molar refractivity (Wildman–Crippen MR) is 88.4 cm³/mol. The van der Waals surface area contributed by atoms with Crippen molar-refractivity contribution >= 4 is 11.8 Å². The van der Waals surface area contributed by atoms with Gasteiger partial charge in [0.2, 0.25) is 11.7 Å². The van der Waals surface area contributed by atoms with Gasteiger partial charge in [0.05, 0.1) is 11.7 Å². The first-order valence-electron chi connectivity index (χ1n) is 8.65. The summed E-state index contributed by atoms with van der Waals surface area (Å²) >= 11 is 0. The Bertz CT molecular complexity index is 642. The molecule has 3 rings (SSSR count). The minimum absolute atomic E-state index is 0.152. The number of hydrogen-bond donors (Lipinski definition) is 2. The molecule has 0 aromatic carbocycles. The number of fused-ring (bicyclic) bond motifs is 1. The molecule has 132 valence electrons. The predicted octanol–water partition coefficient (Wildman–Crippen LogP) is 1.03. The second-order valence-electron chi connectivity index (χ2n) is 7.23. The summed E-state index contributed by atoms with van der Waals surface area (Å²) in [5.41, 5.74) is 6.08. The molecule has 2 aliphatic rings. The normalized spacial score (nSPS) is 27.1. The van der Waals surface area contributed by atoms with Crippen LogP contribution in [-0.4, -0.2) is 46.9 Å². The summed E-state index contributed by atoms with van der Waals surface area (Å²) in [7, 11) is 0. The molecule has 1 saturated carbocycles. The van der Waals surface area contributed by atoms with Gasteiger partial charge in [0.1, 0.15) is 0 Å². The van der Waals surface area contributed by atoms with Gasteiger partial charge in [-0.25, -0.2) is 4.98 Å². The first-order valence-corrected chi connectivity index (χ1v) is 8.65. The van der Waals surface area contributed by atoms with E-state index in [0.29, 0.717) is 29.2 Å². The zero-order valence-corrected chi connectivity index (χ0v) is 14.7. The highest BCUT2D eigenvalue weighted by Crippen LogP contribution is 2.46. The fourth-order valence-electron chi connectivity index (χ4n) is 3.76. The Balaban J connectivity index is 1.57. The Morgan fingerprint density at radius 2 is 2.00 bits per heavy atom. The zero-order valence-electron chi connectivity index (χ0n) is 14.7. The van der Waals surface area contributed by atoms with Gasteiger partial charge in [0.15, 0.2) is 5.89 Å². The average Bonchev–Trinajstić information content (AvgIpc) is 2.89. The number of primary amides is 1. The number of carbonyl (C=O) groups is 2. The van der Waals surface area contributed by atoms with Crippen LogP contribution >= 0.6 is 0 Å². The van der Waals surface area contributed by atoms with Gasteiger partial charge in [-0.2, -0.15) is 0 Å². The van der Waals surface area contributed by atoms with Crippen molar-refractivity contribution in [3.63, 3.8) is 0 Å². The van der Waals surface area contributed by atoms with Crippen molar-refractivity contribution < 1.29 is 14.0 Å². The van der Waals surface area contributed by atoms with Gasteiger partial charge < -0.3 is 15.5 Å². The smallest absolute Gasteiger partial charge is 0.289 e. The second kappa shape index (κ2) is 6.20. The van der Waals surface area contributed by atoms with Gasteiger partial charge in [-0.15, -0.1) is 0 Å². The number of hydrogen-bond acceptors (Lipinski definition) is 5. The number of nitrogens with zero attached hydrogens (tertiary/aromatic N) is 2. The van der Waals surface area contributed by atoms with Crippen molar-refractivity contribution in [1.29, 1.82) is 0 Å². The van der Waals surface area contributed by atoms with E-state index in [2.05, 4.69) is 15.2 Å². The lowest BCUT2D eigenvalue weighted by molar-refractivity contribution is -0.123. The minimum Gasteiger partial charge on any atom is -0.435 e. The maximum Gasteiger partial charge on any atom is 0.289 e. The van der Waals surface area contributed by atoms with Crippen molar-refractivity contribution in [3.05, 3.63) is 17.3 Å². The van der Waals surface area contributed by atoms with Crippen LogP contribution in [0.5, 0.6) is 0 Å². The number of oxazole rings is 1. The van der Waals surface area contributed by atoms with Gasteiger partial charge in [-0.1, -0.05) is 20.8 Å². The highest BCUT2D eigenvalue weighted by molar-refractivity contribution is 5.93. The highest BCUT2D eigenvalue weighted by atomic mass is 16.4. The SMILES string of the molecule is CCC(C(N)=O)N1C[C@@H]2C(NC(=O)c3oc(C(C)C)nc3C)[C@@H]2C1. The Labute approximate surface area is 142 Å². The van der Waals surface area contributed by atoms with Crippen molar-refractivity contribution in [2.24, 2.45) is 17.6 Å². The van der Waals surface area contributed by atoms with Crippen LogP contribution in [0.15, 0.2) is 4.42 Å². The molecule has 2 fully saturated rings. The molecule has 1 aromatic rings. The van der Waals surface area contributed by atoms with Crippen molar-refractivity contribution in [2.75, 3.05) is 13.1 Å². The van der Waals surface area contributed by atoms with Crippen molar-refractivity contribution in [2.45, 2.75) is 52.1 Å². The lowest BCUT2D eigenvalue weighted by atomic mass is 10.1. The number of likely N-dealkylation sites (tertiary alicyclic amines) is 1. The molecule has 3 N–H and O–H groups in total. The third-order valence-electron chi connectivity index (χ3n) is 5.19. The van der Waals surface area contributed by atoms with Crippen LogP contribution in [0.2, 0.25) is 0 Å². The molecular weight excluding hydrogens is 308 g/mol. The quantitative estimate of drug-likeness (QED) is 0.809. The highest BCUT2D eigenvalue weighted by Gasteiger charge is 2.57. The minimum atomic E-state index is -0.266. The van der Waals surface area contributed by atoms with E-state index in [1.807, 2.05) is 20.8 Å². The molecule has 1 aliphatic carbocycles. The first kappa shape index (κ1) is 17.0. The summed E-state index contributed by atoms with van der Waals surface area (Å²) in [6.07, 6.45) is 0.723. The molecule has 7 heteroatoms. The molecule has 24 heavy (non-hydrogen) atoms. The van der Waals surface area contributed by atoms with E-state index in [1.165, 1.54) is 0 Å². The molecule has 1 aliphatic heterocycles. The number of piperidine rings is 1. The van der Waals surface area contributed by atoms with Crippen LogP contribution in [-0.2, 0) is 4.79 Å². The second-order valence-corrected chi connectivity index (χ2v) is 7.23. The third-order valence-corrected chi connectivity index (χ3v) is 5.19. The van der Waals surface area contributed by atoms with Crippen LogP contribution < -0.4 is 11.1 Å². The number of carbonyl (C=O) groups excluding carboxylic acids is 2. The number of nitrogens with two attached hydrogens (primary N) is 1. The fourth-order valence-corrected chi connectivity index (χ4v) is 3.76. The monoisotopic (exact) mass is 334 g/mol. The van der Waals surface area contributed by atoms with Gasteiger partial charge in [-0.3, -0.25) is 14.5 Å². The Hall–Kier alpha value is -1.89. The Kier molecular flexibility index (Phi) is 4.38. The third kappa shape index (κ3) is 2.92. The van der Waals surface area contributed by atoms with E-state index >= 15 is 0 Å². The molecule has 2 heterocycles. The molecule has 0 radical (unpaired) electrons. The molecular formula is C17H26N4O3. The lowest BCUT2D eigenvalue weighted by Gasteiger charge is -2.26. The van der Waals surface area contributed by atoms with Gasteiger partial charge in [0, 0.05) is 25.0 Å². The lowest BCUT2D eigenvalue weighted by Crippen LogP contribution is -2.46. The van der Waals surface area contributed by atoms with Crippen LogP contribution in [0, 0.1) is 18.8 Å². The summed E-state index contributed by atoms with van der Waals surface area (Å²) in [5, 5.41) is 3.06. The van der Waals surface area contributed by atoms with E-state index in [0.717, 1.165) is 19.5 Å². The van der Waals surface area contributed by atoms with E-state index in [4.69, 9.17) is 10.2 Å². The van der Waals surface area contributed by atoms with Crippen LogP contribution in [0.1, 0.15) is 55.2 Å². The number of amides is 2. The largest absolute Gasteiger partial charge is 0.435 e. The summed E-state index contributed by atoms with van der Waals surface area (Å²) in [6, 6.07) is -0.0367. The van der Waals surface area contributed by atoms with Gasteiger partial charge in [0.25, 0.3) is 5.91 Å². The van der Waals surface area contributed by atoms with Gasteiger partial charge >= 0.3 is 0 Å². The number of rotatable bonds is 6. The molecule has 2 unspecified atom stereocenters. The molecule has 4 atom stereocenters. The zero-order chi connectivity index (χ0) is 17.6. The van der Waals surface area contributed by atoms with Crippen LogP contribution in [0.3, 0.4) is 0 Å². The van der Waals surface area contributed by atoms with E-state index in [9.17, 15) is 9.59 Å². The Morgan fingerprint density at radius 1 is 1.38 bits per heavy atom. The van der Waals surface area contributed by atoms with Gasteiger partial charge in [-0.05, 0) is 25.2 Å². The van der Waals surface area contributed by atoms with Crippen LogP contribution in [0.4, 0.5) is 0 Å². The number of aryl methyl sites for hydroxylation is 1. The molecule has 2 amide bonds. The first-order chi connectivity index (χ1) is 11.3. The molecule has 7 nitrogen and oxygen atoms in total. The fraction of sp³-hybridized carbons (Fsp3) is 0.706. The number of nitrogens with one attached hydrogen (secondary N) is 1. The van der Waals surface area contributed by atoms with E-state index in [1.54, 1.807) is 6.92 Å². The van der Waals surface area contributed by atoms with Crippen LogP contribution in [0.25, 0.3) is 0 Å². The van der Waals surface area contributed by atoms with Crippen molar-refractivity contribution in [3.8, 4) is 0 Å². The maximum atomic E-state index is 12.4. The summed E-state index contributed by atoms with van der Waals surface area (Å²) in [5.74, 6) is 1.39. The molecule has 1 saturated heterocycles.